The van der Waals surface area contributed by atoms with Crippen LogP contribution < -0.4 is 4.74 Å². The van der Waals surface area contributed by atoms with E-state index in [-0.39, 0.29) is 29.9 Å². The van der Waals surface area contributed by atoms with Crippen molar-refractivity contribution >= 4 is 22.6 Å². The molecular weight excluding hydrogens is 360 g/mol. The third-order valence-corrected chi connectivity index (χ3v) is 4.98. The Kier molecular flexibility index (Phi) is 4.92. The molecule has 0 aliphatic carbocycles. The fourth-order valence-corrected chi connectivity index (χ4v) is 3.55. The van der Waals surface area contributed by atoms with Crippen LogP contribution in [0.15, 0.2) is 48.5 Å². The van der Waals surface area contributed by atoms with Gasteiger partial charge in [0.15, 0.2) is 12.4 Å². The summed E-state index contributed by atoms with van der Waals surface area (Å²) >= 11 is 0. The summed E-state index contributed by atoms with van der Waals surface area (Å²) in [6, 6.07) is 13.9. The Morgan fingerprint density at radius 1 is 1.25 bits per heavy atom. The minimum atomic E-state index is -0.516. The SMILES string of the molecule is O=C(COc1ccccc1[N+](=O)[O-])N1CCCC(c2nc3ccccc3[nH]2)C1. The molecule has 1 aliphatic rings. The molecule has 2 heterocycles. The Hall–Kier alpha value is -3.42. The fourth-order valence-electron chi connectivity index (χ4n) is 3.55. The standard InChI is InChI=1S/C20H20N4O4/c25-19(13-28-18-10-4-3-9-17(18)24(26)27)23-11-5-6-14(12-23)20-21-15-7-1-2-8-16(15)22-20/h1-4,7-10,14H,5-6,11-13H2,(H,21,22). The van der Waals surface area contributed by atoms with Crippen molar-refractivity contribution in [3.8, 4) is 5.75 Å². The molecule has 8 nitrogen and oxygen atoms in total. The van der Waals surface area contributed by atoms with Crippen molar-refractivity contribution in [1.29, 1.82) is 0 Å². The number of nitro groups is 1. The summed E-state index contributed by atoms with van der Waals surface area (Å²) in [4.78, 5) is 32.9. The lowest BCUT2D eigenvalue weighted by atomic mass is 9.97. The van der Waals surface area contributed by atoms with Crippen LogP contribution in [0.1, 0.15) is 24.6 Å². The van der Waals surface area contributed by atoms with Gasteiger partial charge in [-0.05, 0) is 31.0 Å². The number of likely N-dealkylation sites (tertiary alicyclic amines) is 1. The Morgan fingerprint density at radius 3 is 2.86 bits per heavy atom. The maximum Gasteiger partial charge on any atom is 0.310 e. The third-order valence-electron chi connectivity index (χ3n) is 4.98. The van der Waals surface area contributed by atoms with Crippen LogP contribution in [0.5, 0.6) is 5.75 Å². The van der Waals surface area contributed by atoms with Crippen molar-refractivity contribution in [1.82, 2.24) is 14.9 Å². The number of hydrogen-bond donors (Lipinski definition) is 1. The van der Waals surface area contributed by atoms with E-state index in [2.05, 4.69) is 9.97 Å². The van der Waals surface area contributed by atoms with Crippen LogP contribution in [0.2, 0.25) is 0 Å². The van der Waals surface area contributed by atoms with E-state index in [9.17, 15) is 14.9 Å². The molecule has 4 rings (SSSR count). The van der Waals surface area contributed by atoms with Crippen molar-refractivity contribution in [2.75, 3.05) is 19.7 Å². The molecule has 28 heavy (non-hydrogen) atoms. The number of fused-ring (bicyclic) bond motifs is 1. The van der Waals surface area contributed by atoms with Crippen LogP contribution in [0, 0.1) is 10.1 Å². The third kappa shape index (κ3) is 3.66. The Morgan fingerprint density at radius 2 is 2.04 bits per heavy atom. The molecular formula is C20H20N4O4. The molecule has 1 amide bonds. The smallest absolute Gasteiger partial charge is 0.310 e. The molecule has 1 aliphatic heterocycles. The molecule has 0 bridgehead atoms. The number of nitro benzene ring substituents is 1. The van der Waals surface area contributed by atoms with Gasteiger partial charge >= 0.3 is 5.69 Å². The number of carbonyl (C=O) groups is 1. The lowest BCUT2D eigenvalue weighted by molar-refractivity contribution is -0.385. The molecule has 0 saturated carbocycles. The second-order valence-electron chi connectivity index (χ2n) is 6.83. The maximum absolute atomic E-state index is 12.6. The van der Waals surface area contributed by atoms with E-state index in [0.717, 1.165) is 29.7 Å². The van der Waals surface area contributed by atoms with Crippen molar-refractivity contribution in [2.24, 2.45) is 0 Å². The van der Waals surface area contributed by atoms with Gasteiger partial charge in [-0.15, -0.1) is 0 Å². The minimum Gasteiger partial charge on any atom is -0.477 e. The Bertz CT molecular complexity index is 983. The summed E-state index contributed by atoms with van der Waals surface area (Å²) in [6.45, 7) is 0.979. The van der Waals surface area contributed by atoms with E-state index in [1.54, 1.807) is 17.0 Å². The number of piperidine rings is 1. The van der Waals surface area contributed by atoms with Gasteiger partial charge in [-0.3, -0.25) is 14.9 Å². The largest absolute Gasteiger partial charge is 0.477 e. The highest BCUT2D eigenvalue weighted by Crippen LogP contribution is 2.28. The van der Waals surface area contributed by atoms with Crippen LogP contribution in [-0.4, -0.2) is 45.4 Å². The molecule has 1 saturated heterocycles. The van der Waals surface area contributed by atoms with E-state index >= 15 is 0 Å². The number of ether oxygens (including phenoxy) is 1. The second kappa shape index (κ2) is 7.67. The van der Waals surface area contributed by atoms with Gasteiger partial charge in [0.05, 0.1) is 16.0 Å². The van der Waals surface area contributed by atoms with E-state index in [0.29, 0.717) is 13.1 Å². The molecule has 0 spiro atoms. The van der Waals surface area contributed by atoms with Crippen molar-refractivity contribution in [3.63, 3.8) is 0 Å². The average Bonchev–Trinajstić information content (AvgIpc) is 3.16. The van der Waals surface area contributed by atoms with Crippen molar-refractivity contribution in [2.45, 2.75) is 18.8 Å². The molecule has 0 radical (unpaired) electrons. The van der Waals surface area contributed by atoms with Crippen LogP contribution in [0.25, 0.3) is 11.0 Å². The zero-order valence-electron chi connectivity index (χ0n) is 15.2. The number of aromatic amines is 1. The van der Waals surface area contributed by atoms with Crippen LogP contribution in [0.3, 0.4) is 0 Å². The fraction of sp³-hybridized carbons (Fsp3) is 0.300. The quantitative estimate of drug-likeness (QED) is 0.541. The summed E-state index contributed by atoms with van der Waals surface area (Å²) in [5.41, 5.74) is 1.76. The number of rotatable bonds is 5. The summed E-state index contributed by atoms with van der Waals surface area (Å²) < 4.78 is 5.45. The number of H-pyrrole nitrogens is 1. The summed E-state index contributed by atoms with van der Waals surface area (Å²) in [5, 5.41) is 11.1. The molecule has 3 aromatic rings. The van der Waals surface area contributed by atoms with Gasteiger partial charge in [0, 0.05) is 25.1 Å². The second-order valence-corrected chi connectivity index (χ2v) is 6.83. The van der Waals surface area contributed by atoms with E-state index < -0.39 is 4.92 Å². The van der Waals surface area contributed by atoms with Gasteiger partial charge in [0.2, 0.25) is 0 Å². The number of imidazole rings is 1. The molecule has 1 fully saturated rings. The minimum absolute atomic E-state index is 0.103. The van der Waals surface area contributed by atoms with E-state index in [4.69, 9.17) is 4.74 Å². The molecule has 1 atom stereocenters. The first-order valence-corrected chi connectivity index (χ1v) is 9.20. The normalized spacial score (nSPS) is 16.9. The first-order valence-electron chi connectivity index (χ1n) is 9.20. The van der Waals surface area contributed by atoms with E-state index in [1.165, 1.54) is 12.1 Å². The highest BCUT2D eigenvalue weighted by Gasteiger charge is 2.27. The highest BCUT2D eigenvalue weighted by atomic mass is 16.6. The zero-order chi connectivity index (χ0) is 19.5. The van der Waals surface area contributed by atoms with E-state index in [1.807, 2.05) is 24.3 Å². The van der Waals surface area contributed by atoms with Gasteiger partial charge in [-0.1, -0.05) is 24.3 Å². The Balaban J connectivity index is 1.41. The predicted molar refractivity (Wildman–Crippen MR) is 103 cm³/mol. The number of nitrogens with zero attached hydrogens (tertiary/aromatic N) is 3. The Labute approximate surface area is 161 Å². The molecule has 1 aromatic heterocycles. The number of nitrogens with one attached hydrogen (secondary N) is 1. The van der Waals surface area contributed by atoms with Gasteiger partial charge in [-0.2, -0.15) is 0 Å². The molecule has 144 valence electrons. The van der Waals surface area contributed by atoms with Gasteiger partial charge in [0.25, 0.3) is 5.91 Å². The van der Waals surface area contributed by atoms with Gasteiger partial charge in [-0.25, -0.2) is 4.98 Å². The van der Waals surface area contributed by atoms with Gasteiger partial charge in [0.1, 0.15) is 5.82 Å². The molecule has 1 unspecified atom stereocenters. The van der Waals surface area contributed by atoms with Crippen LogP contribution >= 0.6 is 0 Å². The lowest BCUT2D eigenvalue weighted by Crippen LogP contribution is -2.41. The van der Waals surface area contributed by atoms with Crippen molar-refractivity contribution in [3.05, 3.63) is 64.5 Å². The average molecular weight is 380 g/mol. The molecule has 1 N–H and O–H groups in total. The first kappa shape index (κ1) is 18.0. The number of amides is 1. The summed E-state index contributed by atoms with van der Waals surface area (Å²) in [6.07, 6.45) is 1.83. The number of carbonyl (C=O) groups excluding carboxylic acids is 1. The zero-order valence-corrected chi connectivity index (χ0v) is 15.2. The number of para-hydroxylation sites is 4. The predicted octanol–water partition coefficient (Wildman–Crippen LogP) is 3.26. The monoisotopic (exact) mass is 380 g/mol. The van der Waals surface area contributed by atoms with Crippen molar-refractivity contribution < 1.29 is 14.5 Å². The number of hydrogen-bond acceptors (Lipinski definition) is 5. The molecule has 8 heteroatoms. The summed E-state index contributed by atoms with van der Waals surface area (Å²) in [7, 11) is 0. The lowest BCUT2D eigenvalue weighted by Gasteiger charge is -2.31. The first-order chi connectivity index (χ1) is 13.6. The van der Waals surface area contributed by atoms with Crippen LogP contribution in [0.4, 0.5) is 5.69 Å². The topological polar surface area (TPSA) is 101 Å². The maximum atomic E-state index is 12.6. The number of aromatic nitrogens is 2. The highest BCUT2D eigenvalue weighted by molar-refractivity contribution is 5.78. The number of benzene rings is 2. The van der Waals surface area contributed by atoms with Gasteiger partial charge < -0.3 is 14.6 Å². The van der Waals surface area contributed by atoms with Crippen LogP contribution in [-0.2, 0) is 4.79 Å². The summed E-state index contributed by atoms with van der Waals surface area (Å²) in [5.74, 6) is 0.945. The molecule has 2 aromatic carbocycles.